The van der Waals surface area contributed by atoms with E-state index < -0.39 is 250 Å². The van der Waals surface area contributed by atoms with E-state index in [9.17, 15) is 73.7 Å². The Balaban J connectivity index is 0.000000154. The number of rotatable bonds is 40. The number of nitrogens with one attached hydrogen (secondary N) is 4. The molecule has 8 fully saturated rings. The van der Waals surface area contributed by atoms with Crippen LogP contribution in [0.25, 0.3) is 44.7 Å². The van der Waals surface area contributed by atoms with Crippen molar-refractivity contribution < 1.29 is 139 Å². The number of thioether (sulfide) groups is 4. The van der Waals surface area contributed by atoms with Gasteiger partial charge in [0.2, 0.25) is 0 Å². The van der Waals surface area contributed by atoms with Crippen molar-refractivity contribution in [2.75, 3.05) is 96.8 Å². The number of aliphatic hydroxyl groups excluding tert-OH is 10. The molecule has 4 aromatic carbocycles. The lowest BCUT2D eigenvalue weighted by Crippen LogP contribution is -2.33. The van der Waals surface area contributed by atoms with Gasteiger partial charge in [0.25, 0.3) is 0 Å². The minimum absolute atomic E-state index is 0.000253. The molecular weight excluding hydrogens is 1950 g/mol. The number of hydrogen-bond donors (Lipinski definition) is 16. The van der Waals surface area contributed by atoms with Gasteiger partial charge in [-0.15, -0.1) is 20.4 Å². The lowest BCUT2D eigenvalue weighted by atomic mass is 10.1. The number of benzene rings is 4. The van der Waals surface area contributed by atoms with Crippen LogP contribution in [-0.4, -0.2) is 334 Å². The first-order valence-electron chi connectivity index (χ1n) is 60.6. The van der Waals surface area contributed by atoms with E-state index in [4.69, 9.17) is 65.2 Å². The van der Waals surface area contributed by atoms with Crippen LogP contribution in [0.2, 0.25) is 0 Å². The summed E-state index contributed by atoms with van der Waals surface area (Å²) in [5, 5.41) is 166. The third-order valence-corrected chi connectivity index (χ3v) is 27.6. The van der Waals surface area contributed by atoms with Crippen molar-refractivity contribution in [2.24, 2.45) is 0 Å². The quantitative estimate of drug-likeness (QED) is 0.00969. The summed E-state index contributed by atoms with van der Waals surface area (Å²) < 4.78 is 332. The smallest absolute Gasteiger partial charge is 0.191 e. The van der Waals surface area contributed by atoms with Gasteiger partial charge in [0.05, 0.1) is 118 Å². The number of nitrogens with zero attached hydrogens (tertiary/aromatic N) is 20. The SMILES string of the molecule is [2H]C([2H])(CC)Sc1nc(N[C@]2([2H])C([2H])([2H])[C@@]2([2H])c2ccc(C)c(F)c2)c2nnn([C@@H]3C[C@H](OCCO)[C@@H](O)[C@H]3O)c2n1.[2H]C([2H])(CO)O[C@H]1C[C@@H](n2nnc3c(N[C@]4([2H])C([2H])([2H])[C@@]4([2H])c4ccc(C)c(F)c4)nc(SC([2H])([2H])CC)nc32)[C@H](O)[C@@H]1O.[2H]C([2H])(O)C([2H])([2H])O[C@H]1C[C@@H](n2nnc3c(N[C@]4([2H])C([2H])([2H])[C@@]4([2H])c4ccc(C)c(F)c4)nc(SCCC)nc32)[C@H](O)[C@@H]1O.[2H]C([2H])(O)CO[C@H]1C[C@@H](n2nnc3c(N[C@]4([2H])C([2H])([2H])[C@@]4([2H])c4ccc(C)c(F)c4)nc(SC([2H])([2H])CC)nc32)[C@H](O)[C@@H]1O. The molecule has 0 saturated heterocycles. The van der Waals surface area contributed by atoms with E-state index in [2.05, 4.69) is 102 Å². The summed E-state index contributed by atoms with van der Waals surface area (Å²) in [6, 6.07) is 1.52. The third-order valence-electron chi connectivity index (χ3n) is 24.1. The average molecular weight is 2100 g/mol. The van der Waals surface area contributed by atoms with Crippen molar-refractivity contribution in [3.8, 4) is 0 Å². The Kier molecular flexibility index (Phi) is 24.2. The Morgan fingerprint density at radius 2 is 0.639 bits per heavy atom. The molecule has 48 heteroatoms. The Hall–Kier alpha value is -9.52. The number of hydrogen-bond acceptors (Lipinski definition) is 40. The molecule has 776 valence electrons. The minimum Gasteiger partial charge on any atom is -0.394 e. The summed E-state index contributed by atoms with van der Waals surface area (Å²) >= 11 is 3.16. The molecule has 144 heavy (non-hydrogen) atoms. The first-order chi connectivity index (χ1) is 80.5. The number of fused-ring (bicyclic) bond motifs is 4. The molecule has 8 saturated carbocycles. The van der Waals surface area contributed by atoms with Gasteiger partial charge in [-0.3, -0.25) is 0 Å². The monoisotopic (exact) mass is 2100 g/mol. The first kappa shape index (κ1) is 73.6. The number of halogens is 4. The van der Waals surface area contributed by atoms with Gasteiger partial charge < -0.3 is 101 Å². The molecule has 0 spiro atoms. The number of ether oxygens (including phenoxy) is 4. The van der Waals surface area contributed by atoms with E-state index >= 15 is 0 Å². The van der Waals surface area contributed by atoms with E-state index in [1.165, 1.54) is 92.7 Å². The maximum atomic E-state index is 14.4. The number of aromatic nitrogens is 20. The summed E-state index contributed by atoms with van der Waals surface area (Å²) in [4.78, 5) is 34.9. The van der Waals surface area contributed by atoms with Gasteiger partial charge in [0.15, 0.2) is 88.6 Å². The molecule has 24 atom stereocenters. The molecule has 0 aliphatic heterocycles. The average Bonchev–Trinajstić information content (AvgIpc) is 1.48. The van der Waals surface area contributed by atoms with Crippen LogP contribution >= 0.6 is 47.0 Å². The topological polar surface area (TPSA) is 554 Å². The highest BCUT2D eigenvalue weighted by molar-refractivity contribution is 7.99. The molecule has 8 aliphatic carbocycles. The fourth-order valence-electron chi connectivity index (χ4n) is 16.4. The van der Waals surface area contributed by atoms with Crippen LogP contribution in [-0.2, 0) is 18.9 Å². The Labute approximate surface area is 885 Å². The number of anilines is 4. The zero-order valence-corrected chi connectivity index (χ0v) is 81.2. The molecule has 8 aliphatic rings. The highest BCUT2D eigenvalue weighted by atomic mass is 32.2. The van der Waals surface area contributed by atoms with Crippen molar-refractivity contribution in [1.82, 2.24) is 99.8 Å². The minimum atomic E-state index is -3.41. The lowest BCUT2D eigenvalue weighted by molar-refractivity contribution is -0.0629. The second-order valence-corrected chi connectivity index (χ2v) is 37.5. The van der Waals surface area contributed by atoms with Crippen molar-refractivity contribution in [3.05, 3.63) is 141 Å². The highest BCUT2D eigenvalue weighted by Gasteiger charge is 2.51. The largest absolute Gasteiger partial charge is 0.394 e. The maximum absolute atomic E-state index is 14.4. The summed E-state index contributed by atoms with van der Waals surface area (Å²) in [5.74, 6) is -12.0. The second-order valence-electron chi connectivity index (χ2n) is 33.9. The van der Waals surface area contributed by atoms with Crippen molar-refractivity contribution in [2.45, 2.75) is 298 Å². The van der Waals surface area contributed by atoms with Crippen LogP contribution < -0.4 is 21.3 Å². The van der Waals surface area contributed by atoms with Crippen molar-refractivity contribution >= 4 is 115 Å². The first-order valence-corrected chi connectivity index (χ1v) is 49.0. The molecule has 16 N–H and O–H groups in total. The van der Waals surface area contributed by atoms with Gasteiger partial charge in [-0.25, -0.2) is 76.2 Å². The van der Waals surface area contributed by atoms with Crippen LogP contribution in [0.3, 0.4) is 0 Å². The lowest BCUT2D eigenvalue weighted by Gasteiger charge is -2.17. The normalized spacial score (nSPS) is 36.9. The molecule has 0 amide bonds. The van der Waals surface area contributed by atoms with Gasteiger partial charge in [0.1, 0.15) is 72.1 Å². The molecule has 20 rings (SSSR count). The second kappa shape index (κ2) is 47.3. The Morgan fingerprint density at radius 1 is 0.361 bits per heavy atom. The summed E-state index contributed by atoms with van der Waals surface area (Å²) in [6.45, 7) is -1.11. The summed E-state index contributed by atoms with van der Waals surface area (Å²) in [7, 11) is 0. The Bertz CT molecular complexity index is 8080. The zero-order valence-electron chi connectivity index (χ0n) is 108. The van der Waals surface area contributed by atoms with Crippen LogP contribution in [0, 0.1) is 51.0 Å². The van der Waals surface area contributed by atoms with Crippen LogP contribution in [0.4, 0.5) is 40.8 Å². The highest BCUT2D eigenvalue weighted by Crippen LogP contribution is 2.50. The summed E-state index contributed by atoms with van der Waals surface area (Å²) in [6.07, 6.45) is -26.5. The molecule has 40 nitrogen and oxygen atoms in total. The fourth-order valence-corrected chi connectivity index (χ4v) is 18.7. The van der Waals surface area contributed by atoms with Crippen LogP contribution in [0.15, 0.2) is 93.4 Å². The van der Waals surface area contributed by atoms with Gasteiger partial charge in [-0.1, -0.05) is 144 Å². The number of aryl methyl sites for hydroxylation is 4. The molecule has 0 unspecified atom stereocenters. The standard InChI is InChI=1S/4C24H31FN6O4S/c4*1-3-8-36-24-27-22(26-16-10-14(16)13-5-4-12(2)15(25)9-13)19-23(28-24)31(30-29-19)17-11-18(35-7-6-32)21(34)20(17)33/h4*4-5,9,14,16-18,20-21,32-34H,3,6-8,10-11H2,1-2H3,(H,26,27,28)/t4*14-,16+,17+,18-,20-,21+/m0000/s1/i7D2,8D2,10D2,14D,16D;6D2,8D2,10D2,14D,16D;6D2,7D2,10D2,14D,16D;8D2,10D2,14D,16D. The van der Waals surface area contributed by atoms with E-state index in [0.717, 1.165) is 44.7 Å². The molecular formula is C96H124F4N24O16S4. The van der Waals surface area contributed by atoms with Gasteiger partial charge >= 0.3 is 0 Å². The van der Waals surface area contributed by atoms with Gasteiger partial charge in [0, 0.05) is 121 Å². The molecule has 0 radical (unpaired) electrons. The fraction of sp³-hybridized carbons (Fsp3) is 0.583. The molecule has 8 heterocycles. The van der Waals surface area contributed by atoms with Crippen molar-refractivity contribution in [3.63, 3.8) is 0 Å². The zero-order chi connectivity index (χ0) is 129. The van der Waals surface area contributed by atoms with E-state index in [1.54, 1.807) is 20.8 Å². The molecule has 8 aromatic heterocycles. The van der Waals surface area contributed by atoms with Crippen LogP contribution in [0.1, 0.15) is 238 Å². The number of aliphatic hydroxyl groups is 12. The van der Waals surface area contributed by atoms with Crippen LogP contribution in [0.5, 0.6) is 0 Å². The van der Waals surface area contributed by atoms with Crippen molar-refractivity contribution in [1.29, 1.82) is 0 Å². The summed E-state index contributed by atoms with van der Waals surface area (Å²) in [5.41, 5.74) is -5.15. The van der Waals surface area contributed by atoms with Gasteiger partial charge in [-0.05, 0) is 148 Å². The third kappa shape index (κ3) is 23.8. The Morgan fingerprint density at radius 3 is 0.896 bits per heavy atom. The van der Waals surface area contributed by atoms with E-state index in [-0.39, 0.29) is 180 Å². The van der Waals surface area contributed by atoms with E-state index in [1.807, 2.05) is 6.92 Å². The molecule has 0 bridgehead atoms. The maximum Gasteiger partial charge on any atom is 0.191 e. The predicted molar refractivity (Wildman–Crippen MR) is 530 cm³/mol. The molecule has 12 aromatic rings. The van der Waals surface area contributed by atoms with E-state index in [0.29, 0.717) is 52.2 Å². The predicted octanol–water partition coefficient (Wildman–Crippen LogP) is 8.73. The van der Waals surface area contributed by atoms with Gasteiger partial charge in [-0.2, -0.15) is 0 Å².